The summed E-state index contributed by atoms with van der Waals surface area (Å²) in [5.74, 6) is -5.14. The predicted octanol–water partition coefficient (Wildman–Crippen LogP) is 1.16. The molecule has 0 aromatic heterocycles. The molecule has 1 atom stereocenters. The van der Waals surface area contributed by atoms with E-state index in [9.17, 15) is 26.3 Å². The molecule has 0 aliphatic heterocycles. The molecular weight excluding hydrogens is 188 g/mol. The maximum Gasteiger partial charge on any atom is 0.308 e. The average molecular weight is 193 g/mol. The smallest absolute Gasteiger partial charge is 0.308 e. The van der Waals surface area contributed by atoms with E-state index in [4.69, 9.17) is 0 Å². The molecule has 0 fully saturated rings. The van der Waals surface area contributed by atoms with Gasteiger partial charge in [-0.25, -0.2) is 17.6 Å². The topological polar surface area (TPSA) is 40.1 Å². The Labute approximate surface area is 62.9 Å². The Balaban J connectivity index is 3.82. The molecule has 1 unspecified atom stereocenters. The molecule has 0 aliphatic rings. The first kappa shape index (κ1) is 10.8. The van der Waals surface area contributed by atoms with Gasteiger partial charge in [-0.1, -0.05) is 11.1 Å². The van der Waals surface area contributed by atoms with Crippen LogP contribution in [0.2, 0.25) is 0 Å². The van der Waals surface area contributed by atoms with Crippen LogP contribution in [0.3, 0.4) is 0 Å². The number of halogens is 4. The lowest BCUT2D eigenvalue weighted by Crippen LogP contribution is -2.28. The van der Waals surface area contributed by atoms with Crippen LogP contribution in [0, 0.1) is 0 Å². The van der Waals surface area contributed by atoms with E-state index in [1.54, 1.807) is 0 Å². The summed E-state index contributed by atoms with van der Waals surface area (Å²) >= 11 is -2.69. The van der Waals surface area contributed by atoms with E-state index in [0.29, 0.717) is 0 Å². The lowest BCUT2D eigenvalue weighted by atomic mass is 10.3. The molecule has 0 saturated carbocycles. The molecule has 0 heterocycles. The van der Waals surface area contributed by atoms with Gasteiger partial charge in [0.05, 0.1) is 0 Å². The minimum absolute atomic E-state index is 0.947. The summed E-state index contributed by atoms with van der Waals surface area (Å²) in [5, 5.41) is 0. The van der Waals surface area contributed by atoms with Crippen molar-refractivity contribution in [3.05, 3.63) is 0 Å². The third kappa shape index (κ3) is 4.31. The zero-order valence-corrected chi connectivity index (χ0v) is 6.04. The maximum absolute atomic E-state index is 11.9. The second-order valence-corrected chi connectivity index (χ2v) is 2.84. The molecule has 2 nitrogen and oxygen atoms in total. The summed E-state index contributed by atoms with van der Waals surface area (Å²) in [6, 6.07) is 0. The van der Waals surface area contributed by atoms with Crippen molar-refractivity contribution in [2.24, 2.45) is 0 Å². The first-order valence-corrected chi connectivity index (χ1v) is 3.82. The van der Waals surface area contributed by atoms with Gasteiger partial charge >= 0.3 is 12.3 Å². The van der Waals surface area contributed by atoms with Crippen LogP contribution < -0.4 is 0 Å². The number of rotatable bonds is 4. The van der Waals surface area contributed by atoms with Crippen LogP contribution in [0.25, 0.3) is 0 Å². The standard InChI is InChI=1S/C4H6F4O2S/c5-3(6)4(7,8)1-2-11(9)10/h3H,1-2H2,(H,9,10)/p-1. The van der Waals surface area contributed by atoms with Crippen molar-refractivity contribution in [3.8, 4) is 0 Å². The molecule has 0 aromatic rings. The van der Waals surface area contributed by atoms with E-state index >= 15 is 0 Å². The Kier molecular flexibility index (Phi) is 3.95. The molecule has 11 heavy (non-hydrogen) atoms. The van der Waals surface area contributed by atoms with E-state index in [2.05, 4.69) is 0 Å². The first-order chi connectivity index (χ1) is 4.86. The van der Waals surface area contributed by atoms with Gasteiger partial charge in [0.25, 0.3) is 0 Å². The van der Waals surface area contributed by atoms with Crippen LogP contribution >= 0.6 is 0 Å². The molecule has 0 N–H and O–H groups in total. The highest BCUT2D eigenvalue weighted by molar-refractivity contribution is 7.79. The SMILES string of the molecule is O=S([O-])CCC(F)(F)C(F)F. The van der Waals surface area contributed by atoms with Crippen LogP contribution in [0.4, 0.5) is 17.6 Å². The summed E-state index contributed by atoms with van der Waals surface area (Å²) in [5.41, 5.74) is 0. The zero-order chi connectivity index (χ0) is 9.07. The third-order valence-electron chi connectivity index (χ3n) is 0.921. The maximum atomic E-state index is 11.9. The molecule has 7 heteroatoms. The van der Waals surface area contributed by atoms with Gasteiger partial charge in [0.1, 0.15) is 0 Å². The summed E-state index contributed by atoms with van der Waals surface area (Å²) in [6.45, 7) is 0. The van der Waals surface area contributed by atoms with Gasteiger partial charge in [-0.2, -0.15) is 0 Å². The van der Waals surface area contributed by atoms with E-state index < -0.39 is 35.6 Å². The van der Waals surface area contributed by atoms with Crippen molar-refractivity contribution in [2.75, 3.05) is 5.75 Å². The minimum atomic E-state index is -4.19. The van der Waals surface area contributed by atoms with Crippen molar-refractivity contribution in [1.29, 1.82) is 0 Å². The molecule has 0 spiro atoms. The average Bonchev–Trinajstić information content (AvgIpc) is 1.84. The van der Waals surface area contributed by atoms with E-state index in [0.717, 1.165) is 0 Å². The van der Waals surface area contributed by atoms with Crippen molar-refractivity contribution >= 4 is 11.1 Å². The highest BCUT2D eigenvalue weighted by Crippen LogP contribution is 2.26. The van der Waals surface area contributed by atoms with E-state index in [1.807, 2.05) is 0 Å². The fourth-order valence-corrected chi connectivity index (χ4v) is 0.767. The summed E-state index contributed by atoms with van der Waals surface area (Å²) < 4.78 is 65.8. The van der Waals surface area contributed by atoms with Gasteiger partial charge in [-0.3, -0.25) is 4.21 Å². The van der Waals surface area contributed by atoms with E-state index in [-0.39, 0.29) is 0 Å². The van der Waals surface area contributed by atoms with Gasteiger partial charge < -0.3 is 4.55 Å². The predicted molar refractivity (Wildman–Crippen MR) is 29.4 cm³/mol. The van der Waals surface area contributed by atoms with Gasteiger partial charge in [-0.05, 0) is 0 Å². The Morgan fingerprint density at radius 1 is 1.45 bits per heavy atom. The fraction of sp³-hybridized carbons (Fsp3) is 1.00. The largest absolute Gasteiger partial charge is 0.772 e. The highest BCUT2D eigenvalue weighted by atomic mass is 32.2. The number of hydrogen-bond donors (Lipinski definition) is 0. The van der Waals surface area contributed by atoms with Crippen LogP contribution in [0.1, 0.15) is 6.42 Å². The summed E-state index contributed by atoms with van der Waals surface area (Å²) in [7, 11) is 0. The van der Waals surface area contributed by atoms with E-state index in [1.165, 1.54) is 0 Å². The lowest BCUT2D eigenvalue weighted by Gasteiger charge is -2.15. The molecule has 0 saturated heterocycles. The van der Waals surface area contributed by atoms with Gasteiger partial charge in [0.15, 0.2) is 0 Å². The van der Waals surface area contributed by atoms with Crippen molar-refractivity contribution in [2.45, 2.75) is 18.8 Å². The monoisotopic (exact) mass is 193 g/mol. The molecule has 0 bridgehead atoms. The van der Waals surface area contributed by atoms with Crippen molar-refractivity contribution < 1.29 is 26.3 Å². The van der Waals surface area contributed by atoms with Crippen LogP contribution in [0.5, 0.6) is 0 Å². The van der Waals surface area contributed by atoms with Gasteiger partial charge in [0, 0.05) is 12.2 Å². The second kappa shape index (κ2) is 4.01. The van der Waals surface area contributed by atoms with Crippen LogP contribution in [-0.4, -0.2) is 26.9 Å². The Hall–Kier alpha value is -0.170. The van der Waals surface area contributed by atoms with Gasteiger partial charge in [0.2, 0.25) is 0 Å². The summed E-state index contributed by atoms with van der Waals surface area (Å²) in [6.07, 6.45) is -5.13. The van der Waals surface area contributed by atoms with Crippen LogP contribution in [0.15, 0.2) is 0 Å². The number of alkyl halides is 4. The molecule has 0 radical (unpaired) electrons. The molecule has 0 aliphatic carbocycles. The first-order valence-electron chi connectivity index (χ1n) is 2.58. The lowest BCUT2D eigenvalue weighted by molar-refractivity contribution is -0.129. The number of hydrogen-bond acceptors (Lipinski definition) is 2. The zero-order valence-electron chi connectivity index (χ0n) is 5.23. The molecule has 0 rings (SSSR count). The highest BCUT2D eigenvalue weighted by Gasteiger charge is 2.39. The van der Waals surface area contributed by atoms with Crippen molar-refractivity contribution in [1.82, 2.24) is 0 Å². The van der Waals surface area contributed by atoms with Crippen molar-refractivity contribution in [3.63, 3.8) is 0 Å². The Morgan fingerprint density at radius 3 is 2.18 bits per heavy atom. The Bertz CT molecular complexity index is 149. The normalized spacial score (nSPS) is 15.5. The molecule has 68 valence electrons. The third-order valence-corrected chi connectivity index (χ3v) is 1.46. The molecule has 0 aromatic carbocycles. The quantitative estimate of drug-likeness (QED) is 0.496. The summed E-state index contributed by atoms with van der Waals surface area (Å²) in [4.78, 5) is 0. The molecule has 0 amide bonds. The second-order valence-electron chi connectivity index (χ2n) is 1.82. The molecular formula is C4H5F4O2S-. The Morgan fingerprint density at radius 2 is 1.91 bits per heavy atom. The van der Waals surface area contributed by atoms with Gasteiger partial charge in [-0.15, -0.1) is 0 Å². The fourth-order valence-electron chi connectivity index (χ4n) is 0.329. The minimum Gasteiger partial charge on any atom is -0.772 e. The van der Waals surface area contributed by atoms with Crippen LogP contribution in [-0.2, 0) is 11.1 Å².